The maximum atomic E-state index is 12.5. The summed E-state index contributed by atoms with van der Waals surface area (Å²) in [5, 5.41) is 33.2. The molecule has 0 aliphatic rings. The molecule has 3 atom stereocenters. The van der Waals surface area contributed by atoms with Crippen LogP contribution in [0.25, 0.3) is 0 Å². The van der Waals surface area contributed by atoms with Crippen molar-refractivity contribution in [2.75, 3.05) is 6.61 Å². The zero-order chi connectivity index (χ0) is 35.2. The van der Waals surface area contributed by atoms with Gasteiger partial charge in [-0.15, -0.1) is 0 Å². The normalized spacial score (nSPS) is 13.5. The predicted molar refractivity (Wildman–Crippen MR) is 209 cm³/mol. The van der Waals surface area contributed by atoms with Crippen LogP contribution in [0.1, 0.15) is 245 Å². The lowest BCUT2D eigenvalue weighted by Gasteiger charge is -2.23. The second-order valence-electron chi connectivity index (χ2n) is 15.3. The SMILES string of the molecule is CCCCCCCCCCCCCCCCCCCCCCCCC(O)C(=O)NC(CO)C(O)CCCCCCCCCCCCCC. The Morgan fingerprint density at radius 3 is 0.938 bits per heavy atom. The van der Waals surface area contributed by atoms with Crippen molar-refractivity contribution < 1.29 is 20.1 Å². The summed E-state index contributed by atoms with van der Waals surface area (Å²) in [4.78, 5) is 12.5. The van der Waals surface area contributed by atoms with E-state index in [-0.39, 0.29) is 6.61 Å². The number of aliphatic hydroxyl groups is 3. The Labute approximate surface area is 300 Å². The Bertz CT molecular complexity index is 630. The zero-order valence-electron chi connectivity index (χ0n) is 32.6. The van der Waals surface area contributed by atoms with Crippen molar-refractivity contribution in [2.45, 2.75) is 263 Å². The Morgan fingerprint density at radius 2 is 0.667 bits per heavy atom. The molecular formula is C43H87NO4. The van der Waals surface area contributed by atoms with E-state index >= 15 is 0 Å². The number of aliphatic hydroxyl groups excluding tert-OH is 3. The molecule has 288 valence electrons. The first kappa shape index (κ1) is 47.4. The first-order valence-corrected chi connectivity index (χ1v) is 21.8. The van der Waals surface area contributed by atoms with Gasteiger partial charge in [0.1, 0.15) is 6.10 Å². The molecule has 0 rings (SSSR count). The van der Waals surface area contributed by atoms with Crippen molar-refractivity contribution in [3.05, 3.63) is 0 Å². The van der Waals surface area contributed by atoms with Crippen molar-refractivity contribution in [1.82, 2.24) is 5.32 Å². The molecule has 0 heterocycles. The van der Waals surface area contributed by atoms with Crippen LogP contribution in [0.3, 0.4) is 0 Å². The van der Waals surface area contributed by atoms with Gasteiger partial charge in [-0.05, 0) is 12.8 Å². The second-order valence-corrected chi connectivity index (χ2v) is 15.3. The highest BCUT2D eigenvalue weighted by molar-refractivity contribution is 5.80. The maximum Gasteiger partial charge on any atom is 0.249 e. The molecule has 5 heteroatoms. The highest BCUT2D eigenvalue weighted by atomic mass is 16.3. The molecule has 0 aromatic heterocycles. The lowest BCUT2D eigenvalue weighted by molar-refractivity contribution is -0.131. The van der Waals surface area contributed by atoms with Crippen LogP contribution in [0.15, 0.2) is 0 Å². The highest BCUT2D eigenvalue weighted by Crippen LogP contribution is 2.17. The van der Waals surface area contributed by atoms with Gasteiger partial charge in [0, 0.05) is 0 Å². The number of carbonyl (C=O) groups is 1. The van der Waals surface area contributed by atoms with Crippen LogP contribution in [0.2, 0.25) is 0 Å². The van der Waals surface area contributed by atoms with Gasteiger partial charge in [0.2, 0.25) is 5.91 Å². The summed E-state index contributed by atoms with van der Waals surface area (Å²) in [5.74, 6) is -0.466. The molecule has 0 saturated heterocycles. The van der Waals surface area contributed by atoms with E-state index in [1.54, 1.807) is 0 Å². The molecular weight excluding hydrogens is 594 g/mol. The van der Waals surface area contributed by atoms with E-state index in [0.29, 0.717) is 12.8 Å². The standard InChI is InChI=1S/C43H87NO4/c1-3-5-7-9-11-13-15-17-18-19-20-21-22-23-24-25-26-28-30-32-34-36-38-42(47)43(48)44-40(39-45)41(46)37-35-33-31-29-27-16-14-12-10-8-6-4-2/h40-42,45-47H,3-39H2,1-2H3,(H,44,48). The number of unbranched alkanes of at least 4 members (excludes halogenated alkanes) is 32. The van der Waals surface area contributed by atoms with Gasteiger partial charge in [-0.3, -0.25) is 4.79 Å². The molecule has 0 aromatic rings. The fraction of sp³-hybridized carbons (Fsp3) is 0.977. The molecule has 3 unspecified atom stereocenters. The van der Waals surface area contributed by atoms with Gasteiger partial charge in [-0.2, -0.15) is 0 Å². The van der Waals surface area contributed by atoms with Crippen molar-refractivity contribution in [2.24, 2.45) is 0 Å². The third-order valence-electron chi connectivity index (χ3n) is 10.5. The number of hydrogen-bond acceptors (Lipinski definition) is 4. The fourth-order valence-corrected chi connectivity index (χ4v) is 7.02. The largest absolute Gasteiger partial charge is 0.394 e. The topological polar surface area (TPSA) is 89.8 Å². The number of amides is 1. The van der Waals surface area contributed by atoms with Crippen LogP contribution in [0.5, 0.6) is 0 Å². The smallest absolute Gasteiger partial charge is 0.249 e. The average molecular weight is 682 g/mol. The van der Waals surface area contributed by atoms with Gasteiger partial charge >= 0.3 is 0 Å². The minimum absolute atomic E-state index is 0.308. The minimum Gasteiger partial charge on any atom is -0.394 e. The Kier molecular flexibility index (Phi) is 38.6. The lowest BCUT2D eigenvalue weighted by atomic mass is 10.0. The van der Waals surface area contributed by atoms with Crippen LogP contribution in [-0.2, 0) is 4.79 Å². The van der Waals surface area contributed by atoms with E-state index in [0.717, 1.165) is 32.1 Å². The zero-order valence-corrected chi connectivity index (χ0v) is 32.6. The molecule has 0 aromatic carbocycles. The molecule has 1 amide bonds. The first-order valence-electron chi connectivity index (χ1n) is 21.8. The lowest BCUT2D eigenvalue weighted by Crippen LogP contribution is -2.49. The van der Waals surface area contributed by atoms with E-state index in [4.69, 9.17) is 0 Å². The highest BCUT2D eigenvalue weighted by Gasteiger charge is 2.23. The van der Waals surface area contributed by atoms with E-state index in [9.17, 15) is 20.1 Å². The number of nitrogens with one attached hydrogen (secondary N) is 1. The van der Waals surface area contributed by atoms with Gasteiger partial charge < -0.3 is 20.6 Å². The predicted octanol–water partition coefficient (Wildman–Crippen LogP) is 12.3. The summed E-state index contributed by atoms with van der Waals surface area (Å²) in [6.45, 7) is 4.24. The molecule has 0 fully saturated rings. The molecule has 0 aliphatic carbocycles. The summed E-state index contributed by atoms with van der Waals surface area (Å²) >= 11 is 0. The third kappa shape index (κ3) is 33.8. The van der Waals surface area contributed by atoms with Gasteiger partial charge in [0.15, 0.2) is 0 Å². The number of carbonyl (C=O) groups excluding carboxylic acids is 1. The van der Waals surface area contributed by atoms with Gasteiger partial charge in [-0.1, -0.05) is 232 Å². The van der Waals surface area contributed by atoms with Crippen LogP contribution in [-0.4, -0.2) is 46.1 Å². The van der Waals surface area contributed by atoms with Crippen molar-refractivity contribution in [3.8, 4) is 0 Å². The summed E-state index contributed by atoms with van der Waals surface area (Å²) in [6.07, 6.45) is 43.9. The van der Waals surface area contributed by atoms with Gasteiger partial charge in [0.05, 0.1) is 18.8 Å². The minimum atomic E-state index is -1.07. The Balaban J connectivity index is 3.54. The third-order valence-corrected chi connectivity index (χ3v) is 10.5. The maximum absolute atomic E-state index is 12.5. The molecule has 5 nitrogen and oxygen atoms in total. The average Bonchev–Trinajstić information content (AvgIpc) is 3.09. The Morgan fingerprint density at radius 1 is 0.417 bits per heavy atom. The molecule has 48 heavy (non-hydrogen) atoms. The summed E-state index contributed by atoms with van der Waals surface area (Å²) < 4.78 is 0. The Hall–Kier alpha value is -0.650. The summed E-state index contributed by atoms with van der Waals surface area (Å²) in [6, 6.07) is -0.704. The van der Waals surface area contributed by atoms with E-state index in [1.165, 1.54) is 186 Å². The van der Waals surface area contributed by atoms with Crippen molar-refractivity contribution >= 4 is 5.91 Å². The van der Waals surface area contributed by atoms with Crippen molar-refractivity contribution in [1.29, 1.82) is 0 Å². The number of hydrogen-bond donors (Lipinski definition) is 4. The molecule has 0 aliphatic heterocycles. The van der Waals surface area contributed by atoms with E-state index < -0.39 is 24.2 Å². The van der Waals surface area contributed by atoms with Gasteiger partial charge in [0.25, 0.3) is 0 Å². The summed E-state index contributed by atoms with van der Waals surface area (Å²) in [5.41, 5.74) is 0. The molecule has 0 bridgehead atoms. The fourth-order valence-electron chi connectivity index (χ4n) is 7.02. The molecule has 0 spiro atoms. The number of rotatable bonds is 40. The van der Waals surface area contributed by atoms with Crippen LogP contribution in [0.4, 0.5) is 0 Å². The molecule has 4 N–H and O–H groups in total. The van der Waals surface area contributed by atoms with E-state index in [1.807, 2.05) is 0 Å². The van der Waals surface area contributed by atoms with Crippen LogP contribution >= 0.6 is 0 Å². The quantitative estimate of drug-likeness (QED) is 0.0485. The second kappa shape index (κ2) is 39.1. The van der Waals surface area contributed by atoms with Crippen LogP contribution < -0.4 is 5.32 Å². The van der Waals surface area contributed by atoms with E-state index in [2.05, 4.69) is 19.2 Å². The summed E-state index contributed by atoms with van der Waals surface area (Å²) in [7, 11) is 0. The molecule has 0 saturated carbocycles. The first-order chi connectivity index (χ1) is 23.6. The molecule has 0 radical (unpaired) electrons. The van der Waals surface area contributed by atoms with Gasteiger partial charge in [-0.25, -0.2) is 0 Å². The van der Waals surface area contributed by atoms with Crippen molar-refractivity contribution in [3.63, 3.8) is 0 Å². The monoisotopic (exact) mass is 682 g/mol. The van der Waals surface area contributed by atoms with Crippen LogP contribution in [0, 0.1) is 0 Å².